The summed E-state index contributed by atoms with van der Waals surface area (Å²) in [6.07, 6.45) is 6.27. The highest BCUT2D eigenvalue weighted by molar-refractivity contribution is 5.76. The second-order valence-electron chi connectivity index (χ2n) is 5.44. The predicted octanol–water partition coefficient (Wildman–Crippen LogP) is 1.84. The number of fused-ring (bicyclic) bond motifs is 2. The van der Waals surface area contributed by atoms with Crippen molar-refractivity contribution in [1.29, 1.82) is 0 Å². The van der Waals surface area contributed by atoms with Crippen molar-refractivity contribution in [2.24, 2.45) is 11.8 Å². The van der Waals surface area contributed by atoms with Crippen molar-refractivity contribution in [1.82, 2.24) is 4.90 Å². The average molecular weight is 193 g/mol. The lowest BCUT2D eigenvalue weighted by molar-refractivity contribution is -0.121. The van der Waals surface area contributed by atoms with Gasteiger partial charge in [0.1, 0.15) is 5.78 Å². The highest BCUT2D eigenvalue weighted by Crippen LogP contribution is 2.58. The normalized spacial score (nSPS) is 42.8. The quantitative estimate of drug-likeness (QED) is 0.667. The maximum atomic E-state index is 11.3. The van der Waals surface area contributed by atoms with Gasteiger partial charge < -0.3 is 4.79 Å². The van der Waals surface area contributed by atoms with Gasteiger partial charge >= 0.3 is 0 Å². The molecule has 1 unspecified atom stereocenters. The van der Waals surface area contributed by atoms with E-state index >= 15 is 0 Å². The molecule has 0 aromatic carbocycles. The van der Waals surface area contributed by atoms with Crippen molar-refractivity contribution in [2.45, 2.75) is 44.6 Å². The van der Waals surface area contributed by atoms with Gasteiger partial charge in [-0.25, -0.2) is 0 Å². The van der Waals surface area contributed by atoms with Crippen LogP contribution in [-0.4, -0.2) is 29.3 Å². The molecule has 2 heteroatoms. The molecule has 0 aromatic heterocycles. The maximum Gasteiger partial charge on any atom is 0.130 e. The minimum absolute atomic E-state index is 0.398. The molecule has 3 heterocycles. The van der Waals surface area contributed by atoms with Gasteiger partial charge in [0.2, 0.25) is 0 Å². The molecule has 2 nitrogen and oxygen atoms in total. The number of carbonyl (C=O) groups is 1. The summed E-state index contributed by atoms with van der Waals surface area (Å²) in [6.45, 7) is 4.37. The van der Waals surface area contributed by atoms with Crippen molar-refractivity contribution in [3.05, 3.63) is 0 Å². The molecule has 1 spiro atoms. The number of hydrogen-bond donors (Lipinski definition) is 0. The number of carbonyl (C=O) groups excluding carboxylic acids is 1. The van der Waals surface area contributed by atoms with Crippen molar-refractivity contribution in [3.8, 4) is 0 Å². The summed E-state index contributed by atoms with van der Waals surface area (Å²) in [5.41, 5.74) is 0.507. The van der Waals surface area contributed by atoms with Crippen LogP contribution in [0, 0.1) is 11.8 Å². The first kappa shape index (κ1) is 8.90. The topological polar surface area (TPSA) is 20.3 Å². The van der Waals surface area contributed by atoms with Gasteiger partial charge in [0.15, 0.2) is 0 Å². The lowest BCUT2D eigenvalue weighted by atomic mass is 9.70. The molecule has 78 valence electrons. The van der Waals surface area contributed by atoms with Crippen LogP contribution in [0.1, 0.15) is 39.0 Å². The van der Waals surface area contributed by atoms with E-state index in [-0.39, 0.29) is 0 Å². The molecule has 0 aromatic rings. The molecule has 1 aliphatic carbocycles. The molecule has 0 N–H and O–H groups in total. The van der Waals surface area contributed by atoms with Gasteiger partial charge in [-0.2, -0.15) is 0 Å². The second kappa shape index (κ2) is 2.82. The fraction of sp³-hybridized carbons (Fsp3) is 0.917. The van der Waals surface area contributed by atoms with Crippen LogP contribution in [0.15, 0.2) is 0 Å². The van der Waals surface area contributed by atoms with E-state index in [1.54, 1.807) is 6.92 Å². The van der Waals surface area contributed by atoms with Crippen LogP contribution < -0.4 is 0 Å². The second-order valence-corrected chi connectivity index (χ2v) is 5.44. The van der Waals surface area contributed by atoms with Gasteiger partial charge in [-0.3, -0.25) is 4.90 Å². The van der Waals surface area contributed by atoms with Gasteiger partial charge in [0, 0.05) is 12.0 Å². The van der Waals surface area contributed by atoms with Gasteiger partial charge in [-0.05, 0) is 57.5 Å². The largest absolute Gasteiger partial charge is 0.300 e. The minimum Gasteiger partial charge on any atom is -0.300 e. The standard InChI is InChI=1S/C12H19NO/c1-9(14)8-11-10-2-6-13(7-3-10)12(11)4-5-12/h10-11H,2-8H2,1H3. The van der Waals surface area contributed by atoms with Crippen LogP contribution in [0.2, 0.25) is 0 Å². The van der Waals surface area contributed by atoms with E-state index in [0.717, 1.165) is 12.3 Å². The first-order chi connectivity index (χ1) is 6.72. The first-order valence-electron chi connectivity index (χ1n) is 5.97. The Morgan fingerprint density at radius 3 is 2.50 bits per heavy atom. The Labute approximate surface area is 85.7 Å². The summed E-state index contributed by atoms with van der Waals surface area (Å²) < 4.78 is 0. The minimum atomic E-state index is 0.398. The molecular weight excluding hydrogens is 174 g/mol. The summed E-state index contributed by atoms with van der Waals surface area (Å²) in [6, 6.07) is 0. The van der Waals surface area contributed by atoms with Crippen molar-refractivity contribution >= 4 is 5.78 Å². The Kier molecular flexibility index (Phi) is 1.79. The van der Waals surface area contributed by atoms with Crippen LogP contribution in [0.3, 0.4) is 0 Å². The number of ketones is 1. The molecule has 4 rings (SSSR count). The molecule has 3 saturated heterocycles. The van der Waals surface area contributed by atoms with Crippen LogP contribution in [0.4, 0.5) is 0 Å². The van der Waals surface area contributed by atoms with E-state index in [1.165, 1.54) is 38.8 Å². The molecule has 4 aliphatic rings. The first-order valence-corrected chi connectivity index (χ1v) is 5.97. The zero-order valence-electron chi connectivity index (χ0n) is 8.96. The predicted molar refractivity (Wildman–Crippen MR) is 55.1 cm³/mol. The molecular formula is C12H19NO. The average Bonchev–Trinajstić information content (AvgIpc) is 2.93. The smallest absolute Gasteiger partial charge is 0.130 e. The zero-order valence-corrected chi connectivity index (χ0v) is 8.96. The number of piperidine rings is 3. The zero-order chi connectivity index (χ0) is 9.76. The molecule has 0 amide bonds. The van der Waals surface area contributed by atoms with E-state index in [0.29, 0.717) is 17.2 Å². The van der Waals surface area contributed by atoms with Crippen molar-refractivity contribution < 1.29 is 4.79 Å². The number of Topliss-reactive ketones (excluding diaryl/α,β-unsaturated/α-hetero) is 1. The third kappa shape index (κ3) is 1.10. The Bertz CT molecular complexity index is 261. The number of hydrogen-bond acceptors (Lipinski definition) is 2. The molecule has 1 atom stereocenters. The van der Waals surface area contributed by atoms with E-state index < -0.39 is 0 Å². The molecule has 14 heavy (non-hydrogen) atoms. The van der Waals surface area contributed by atoms with Gasteiger partial charge in [0.25, 0.3) is 0 Å². The van der Waals surface area contributed by atoms with Gasteiger partial charge in [-0.15, -0.1) is 0 Å². The third-order valence-corrected chi connectivity index (χ3v) is 4.70. The maximum absolute atomic E-state index is 11.3. The Morgan fingerprint density at radius 1 is 1.36 bits per heavy atom. The SMILES string of the molecule is CC(=O)CC1C2CCN(CC2)C12CC2. The van der Waals surface area contributed by atoms with Crippen LogP contribution in [-0.2, 0) is 4.79 Å². The fourth-order valence-corrected chi connectivity index (χ4v) is 3.90. The molecule has 3 aliphatic heterocycles. The van der Waals surface area contributed by atoms with E-state index in [1.807, 2.05) is 0 Å². The number of nitrogens with zero attached hydrogens (tertiary/aromatic N) is 1. The van der Waals surface area contributed by atoms with E-state index in [9.17, 15) is 4.79 Å². The molecule has 0 radical (unpaired) electrons. The lowest BCUT2D eigenvalue weighted by Gasteiger charge is -2.52. The van der Waals surface area contributed by atoms with Crippen LogP contribution in [0.25, 0.3) is 0 Å². The van der Waals surface area contributed by atoms with Gasteiger partial charge in [0.05, 0.1) is 0 Å². The third-order valence-electron chi connectivity index (χ3n) is 4.70. The highest BCUT2D eigenvalue weighted by atomic mass is 16.1. The summed E-state index contributed by atoms with van der Waals surface area (Å²) in [5.74, 6) is 1.98. The molecule has 4 fully saturated rings. The van der Waals surface area contributed by atoms with Crippen molar-refractivity contribution in [2.75, 3.05) is 13.1 Å². The summed E-state index contributed by atoms with van der Waals surface area (Å²) in [5, 5.41) is 0. The van der Waals surface area contributed by atoms with Gasteiger partial charge in [-0.1, -0.05) is 0 Å². The van der Waals surface area contributed by atoms with E-state index in [2.05, 4.69) is 4.90 Å². The number of rotatable bonds is 2. The Morgan fingerprint density at radius 2 is 2.00 bits per heavy atom. The van der Waals surface area contributed by atoms with Crippen LogP contribution in [0.5, 0.6) is 0 Å². The van der Waals surface area contributed by atoms with E-state index in [4.69, 9.17) is 0 Å². The highest BCUT2D eigenvalue weighted by Gasteiger charge is 2.59. The summed E-state index contributed by atoms with van der Waals surface area (Å²) in [4.78, 5) is 14.0. The molecule has 2 bridgehead atoms. The summed E-state index contributed by atoms with van der Waals surface area (Å²) >= 11 is 0. The lowest BCUT2D eigenvalue weighted by Crippen LogP contribution is -2.57. The molecule has 1 saturated carbocycles. The summed E-state index contributed by atoms with van der Waals surface area (Å²) in [7, 11) is 0. The Hall–Kier alpha value is -0.370. The van der Waals surface area contributed by atoms with Crippen LogP contribution >= 0.6 is 0 Å². The Balaban J connectivity index is 1.84. The fourth-order valence-electron chi connectivity index (χ4n) is 3.90. The van der Waals surface area contributed by atoms with Crippen molar-refractivity contribution in [3.63, 3.8) is 0 Å². The monoisotopic (exact) mass is 193 g/mol.